The van der Waals surface area contributed by atoms with Gasteiger partial charge < -0.3 is 9.80 Å². The number of aromatic nitrogens is 3. The number of nitrogens with zero attached hydrogens (tertiary/aromatic N) is 5. The number of hydrogen-bond acceptors (Lipinski definition) is 5. The van der Waals surface area contributed by atoms with Crippen LogP contribution in [-0.4, -0.2) is 21.7 Å². The molecule has 11 aromatic carbocycles. The van der Waals surface area contributed by atoms with E-state index in [9.17, 15) is 0 Å². The summed E-state index contributed by atoms with van der Waals surface area (Å²) in [6, 6.07) is 77.2. The molecule has 2 aliphatic rings. The van der Waals surface area contributed by atoms with Gasteiger partial charge >= 0.3 is 0 Å². The summed E-state index contributed by atoms with van der Waals surface area (Å²) < 4.78 is 0. The highest BCUT2D eigenvalue weighted by molar-refractivity contribution is 7.01. The number of rotatable bonds is 5. The van der Waals surface area contributed by atoms with Crippen molar-refractivity contribution < 1.29 is 0 Å². The highest BCUT2D eigenvalue weighted by atomic mass is 15.2. The van der Waals surface area contributed by atoms with Gasteiger partial charge in [0.1, 0.15) is 0 Å². The molecule has 0 saturated heterocycles. The first-order chi connectivity index (χ1) is 39.7. The van der Waals surface area contributed by atoms with Gasteiger partial charge in [-0.15, -0.1) is 0 Å². The maximum Gasteiger partial charge on any atom is 0.252 e. The molecule has 0 aliphatic carbocycles. The Balaban J connectivity index is 1.20. The average molecular weight is 1080 g/mol. The number of benzene rings is 11. The zero-order chi connectivity index (χ0) is 57.5. The molecule has 0 spiro atoms. The van der Waals surface area contributed by atoms with Gasteiger partial charge in [0.25, 0.3) is 6.71 Å². The van der Waals surface area contributed by atoms with E-state index in [1.807, 2.05) is 12.1 Å². The Hall–Kier alpha value is -8.87. The van der Waals surface area contributed by atoms with E-state index in [-0.39, 0.29) is 28.4 Å². The van der Waals surface area contributed by atoms with Crippen molar-refractivity contribution in [3.63, 3.8) is 0 Å². The first kappa shape index (κ1) is 52.2. The van der Waals surface area contributed by atoms with Crippen LogP contribution < -0.4 is 26.2 Å². The highest BCUT2D eigenvalue weighted by Crippen LogP contribution is 2.52. The van der Waals surface area contributed by atoms with Crippen molar-refractivity contribution in [2.24, 2.45) is 0 Å². The molecule has 3 heterocycles. The summed E-state index contributed by atoms with van der Waals surface area (Å²) in [4.78, 5) is 21.6. The van der Waals surface area contributed by atoms with Crippen LogP contribution in [0.4, 0.5) is 34.1 Å². The van der Waals surface area contributed by atoms with E-state index in [1.165, 1.54) is 93.1 Å². The predicted molar refractivity (Wildman–Crippen MR) is 355 cm³/mol. The molecule has 2 aliphatic heterocycles. The molecule has 83 heavy (non-hydrogen) atoms. The summed E-state index contributed by atoms with van der Waals surface area (Å²) in [5, 5.41) is 9.78. The fourth-order valence-electron chi connectivity index (χ4n) is 13.0. The van der Waals surface area contributed by atoms with Crippen LogP contribution in [0.5, 0.6) is 0 Å². The predicted octanol–water partition coefficient (Wildman–Crippen LogP) is 18.8. The van der Waals surface area contributed by atoms with Gasteiger partial charge in [-0.05, 0) is 129 Å². The summed E-state index contributed by atoms with van der Waals surface area (Å²) in [6.45, 7) is 28.0. The van der Waals surface area contributed by atoms with Crippen molar-refractivity contribution >= 4 is 100 Å². The molecule has 0 amide bonds. The molecule has 5 nitrogen and oxygen atoms in total. The Labute approximate surface area is 489 Å². The Bertz CT molecular complexity index is 4260. The van der Waals surface area contributed by atoms with Crippen molar-refractivity contribution in [2.45, 2.75) is 105 Å². The third-order valence-electron chi connectivity index (χ3n) is 17.6. The zero-order valence-electron chi connectivity index (χ0n) is 49.9. The second kappa shape index (κ2) is 18.8. The third-order valence-corrected chi connectivity index (χ3v) is 17.6. The smallest absolute Gasteiger partial charge is 0.252 e. The van der Waals surface area contributed by atoms with Crippen LogP contribution in [0.3, 0.4) is 0 Å². The summed E-state index contributed by atoms with van der Waals surface area (Å²) in [7, 11) is 0. The van der Waals surface area contributed by atoms with Crippen LogP contribution in [0.15, 0.2) is 206 Å². The lowest BCUT2D eigenvalue weighted by Crippen LogP contribution is -2.61. The van der Waals surface area contributed by atoms with Crippen molar-refractivity contribution in [2.75, 3.05) is 9.80 Å². The minimum absolute atomic E-state index is 0.149. The normalized spacial score (nSPS) is 13.5. The molecule has 14 rings (SSSR count). The lowest BCUT2D eigenvalue weighted by atomic mass is 9.33. The molecule has 406 valence electrons. The lowest BCUT2D eigenvalue weighted by molar-refractivity contribution is 0.568. The highest BCUT2D eigenvalue weighted by Gasteiger charge is 2.46. The van der Waals surface area contributed by atoms with Crippen molar-refractivity contribution in [1.29, 1.82) is 0 Å². The summed E-state index contributed by atoms with van der Waals surface area (Å²) >= 11 is 0. The van der Waals surface area contributed by atoms with E-state index < -0.39 is 0 Å². The average Bonchev–Trinajstić information content (AvgIpc) is 0.805. The van der Waals surface area contributed by atoms with Gasteiger partial charge in [0.15, 0.2) is 17.5 Å². The topological polar surface area (TPSA) is 45.2 Å². The second-order valence-electron chi connectivity index (χ2n) is 27.4. The van der Waals surface area contributed by atoms with Gasteiger partial charge in [-0.25, -0.2) is 15.0 Å². The van der Waals surface area contributed by atoms with Gasteiger partial charge in [0, 0.05) is 61.6 Å². The maximum atomic E-state index is 5.54. The van der Waals surface area contributed by atoms with Gasteiger partial charge in [0.05, 0.1) is 0 Å². The number of hydrogen-bond donors (Lipinski definition) is 0. The maximum absolute atomic E-state index is 5.54. The molecular weight excluding hydrogens is 1010 g/mol. The van der Waals surface area contributed by atoms with E-state index >= 15 is 0 Å². The minimum Gasteiger partial charge on any atom is -0.311 e. The van der Waals surface area contributed by atoms with Crippen molar-refractivity contribution in [1.82, 2.24) is 15.0 Å². The molecule has 0 fully saturated rings. The molecule has 0 atom stereocenters. The Morgan fingerprint density at radius 1 is 0.301 bits per heavy atom. The van der Waals surface area contributed by atoms with Gasteiger partial charge in [0.2, 0.25) is 0 Å². The van der Waals surface area contributed by atoms with E-state index in [0.29, 0.717) is 17.5 Å². The van der Waals surface area contributed by atoms with Crippen LogP contribution in [-0.2, 0) is 21.7 Å². The zero-order valence-corrected chi connectivity index (χ0v) is 49.9. The fourth-order valence-corrected chi connectivity index (χ4v) is 13.0. The van der Waals surface area contributed by atoms with E-state index in [2.05, 4.69) is 287 Å². The molecule has 0 radical (unpaired) electrons. The second-order valence-corrected chi connectivity index (χ2v) is 27.4. The first-order valence-electron chi connectivity index (χ1n) is 29.5. The van der Waals surface area contributed by atoms with Crippen LogP contribution in [0.25, 0.3) is 77.3 Å². The molecule has 0 saturated carbocycles. The van der Waals surface area contributed by atoms with E-state index in [1.54, 1.807) is 0 Å². The molecule has 0 unspecified atom stereocenters. The van der Waals surface area contributed by atoms with Crippen LogP contribution in [0.1, 0.15) is 105 Å². The van der Waals surface area contributed by atoms with Crippen molar-refractivity contribution in [3.8, 4) is 34.2 Å². The van der Waals surface area contributed by atoms with Gasteiger partial charge in [-0.3, -0.25) is 0 Å². The number of anilines is 6. The molecular formula is C77H70BN5. The Morgan fingerprint density at radius 2 is 0.639 bits per heavy atom. The largest absolute Gasteiger partial charge is 0.311 e. The van der Waals surface area contributed by atoms with Crippen LogP contribution >= 0.6 is 0 Å². The fraction of sp³-hybridized carbons (Fsp3) is 0.208. The number of fused-ring (bicyclic) bond motifs is 12. The van der Waals surface area contributed by atoms with Gasteiger partial charge in [-0.1, -0.05) is 253 Å². The van der Waals surface area contributed by atoms with Gasteiger partial charge in [-0.2, -0.15) is 0 Å². The first-order valence-corrected chi connectivity index (χ1v) is 29.5. The molecule has 12 aromatic rings. The summed E-state index contributed by atoms with van der Waals surface area (Å²) in [6.07, 6.45) is 0. The third kappa shape index (κ3) is 8.79. The quantitative estimate of drug-likeness (QED) is 0.127. The van der Waals surface area contributed by atoms with E-state index in [0.717, 1.165) is 39.4 Å². The summed E-state index contributed by atoms with van der Waals surface area (Å²) in [5.74, 6) is 1.86. The molecule has 1 aromatic heterocycles. The molecule has 6 heteroatoms. The van der Waals surface area contributed by atoms with Crippen LogP contribution in [0.2, 0.25) is 0 Å². The Kier molecular flexibility index (Phi) is 11.9. The van der Waals surface area contributed by atoms with Crippen LogP contribution in [0, 0.1) is 0 Å². The summed E-state index contributed by atoms with van der Waals surface area (Å²) in [5.41, 5.74) is 17.9. The van der Waals surface area contributed by atoms with E-state index in [4.69, 9.17) is 15.0 Å². The minimum atomic E-state index is -0.169. The molecule has 0 bridgehead atoms. The monoisotopic (exact) mass is 1080 g/mol. The van der Waals surface area contributed by atoms with Crippen molar-refractivity contribution in [3.05, 3.63) is 229 Å². The Morgan fingerprint density at radius 3 is 1.01 bits per heavy atom. The molecule has 0 N–H and O–H groups in total. The lowest BCUT2D eigenvalue weighted by Gasteiger charge is -2.46. The standard InChI is InChI=1S/C77H70BN5/c1-74(2,3)52-41-53(75(4,5)6)44-56(43-52)82-66-39-51(73-80-71(49-25-15-13-16-26-49)79-72(81-73)50-27-17-14-18-28-50)40-67-68(66)78(64-37-35-60-58-29-21-19-23-47(58)31-33-62(60)69(64)82)65-38-36-61-59-30-22-20-24-48(59)32-34-63(61)70(65)83(67)57-45-54(76(7,8)9)42-55(46-57)77(10,11)12/h13-46H,1-12H3. The SMILES string of the molecule is CC(C)(C)c1cc(N2c3cc(-c4nc(-c5ccccc5)nc(-c5ccccc5)n4)cc4c3B(c3ccc5c(ccc6ccccc65)c32)c2ccc3c(ccc5ccccc53)c2N4c2cc(C(C)(C)C)cc(C(C)(C)C)c2)cc(C(C)(C)C)c1.